The first kappa shape index (κ1) is 23.6. The van der Waals surface area contributed by atoms with Crippen LogP contribution in [0.1, 0.15) is 50.8 Å². The molecule has 184 valence electrons. The molecule has 2 aromatic heterocycles. The Hall–Kier alpha value is -4.14. The first-order valence-electron chi connectivity index (χ1n) is 11.4. The number of rotatable bonds is 4. The molecule has 2 heterocycles. The number of fused-ring (bicyclic) bond motifs is 2. The summed E-state index contributed by atoms with van der Waals surface area (Å²) < 4.78 is 39.1. The molecule has 1 atom stereocenters. The maximum atomic E-state index is 13.9. The van der Waals surface area contributed by atoms with Gasteiger partial charge in [0.15, 0.2) is 0 Å². The van der Waals surface area contributed by atoms with Gasteiger partial charge in [0.05, 0.1) is 29.4 Å². The molecule has 0 fully saturated rings. The minimum atomic E-state index is -4.50. The Morgan fingerprint density at radius 3 is 2.69 bits per heavy atom. The van der Waals surface area contributed by atoms with Gasteiger partial charge in [-0.15, -0.1) is 0 Å². The third kappa shape index (κ3) is 4.32. The van der Waals surface area contributed by atoms with Crippen molar-refractivity contribution in [3.05, 3.63) is 94.3 Å². The second kappa shape index (κ2) is 8.82. The van der Waals surface area contributed by atoms with Crippen LogP contribution in [0.15, 0.2) is 60.8 Å². The number of halogens is 3. The van der Waals surface area contributed by atoms with E-state index in [-0.39, 0.29) is 24.2 Å². The first-order valence-corrected chi connectivity index (χ1v) is 11.4. The van der Waals surface area contributed by atoms with Crippen molar-refractivity contribution in [1.29, 1.82) is 0 Å². The molecular formula is C27H23F3N4O2. The van der Waals surface area contributed by atoms with E-state index in [1.165, 1.54) is 6.07 Å². The van der Waals surface area contributed by atoms with Gasteiger partial charge in [0.25, 0.3) is 5.91 Å². The van der Waals surface area contributed by atoms with Crippen molar-refractivity contribution in [2.75, 3.05) is 5.73 Å². The summed E-state index contributed by atoms with van der Waals surface area (Å²) in [5, 5.41) is 11.1. The maximum Gasteiger partial charge on any atom is 0.417 e. The molecule has 0 saturated heterocycles. The van der Waals surface area contributed by atoms with Crippen LogP contribution < -0.4 is 5.73 Å². The third-order valence-electron chi connectivity index (χ3n) is 6.63. The molecule has 1 aliphatic rings. The van der Waals surface area contributed by atoms with Crippen molar-refractivity contribution >= 4 is 22.6 Å². The molecule has 0 radical (unpaired) electrons. The number of aryl methyl sites for hydroxylation is 1. The Morgan fingerprint density at radius 1 is 1.17 bits per heavy atom. The standard InChI is InChI=1S/C27H23F3N4O2/c1-15-11-17-12-16(5-9-22(17)33-25(15)31)26(36)34(14-19-7-6-18(13-32-19)27(28,29)30)23-10-8-21-20(23)3-2-4-24(21)35/h2-7,9,11-13,23,35H,8,10,14H2,1H3,(H2,31,33). The Bertz CT molecular complexity index is 1470. The van der Waals surface area contributed by atoms with Crippen molar-refractivity contribution in [3.8, 4) is 5.75 Å². The average molecular weight is 493 g/mol. The van der Waals surface area contributed by atoms with E-state index >= 15 is 0 Å². The van der Waals surface area contributed by atoms with Gasteiger partial charge >= 0.3 is 6.18 Å². The number of pyridine rings is 2. The van der Waals surface area contributed by atoms with E-state index < -0.39 is 11.7 Å². The summed E-state index contributed by atoms with van der Waals surface area (Å²) in [5.74, 6) is 0.285. The molecular weight excluding hydrogens is 469 g/mol. The predicted octanol–water partition coefficient (Wildman–Crippen LogP) is 5.57. The minimum Gasteiger partial charge on any atom is -0.508 e. The number of hydrogen-bond acceptors (Lipinski definition) is 5. The number of carbonyl (C=O) groups is 1. The highest BCUT2D eigenvalue weighted by molar-refractivity contribution is 5.98. The quantitative estimate of drug-likeness (QED) is 0.388. The lowest BCUT2D eigenvalue weighted by molar-refractivity contribution is -0.137. The molecule has 9 heteroatoms. The van der Waals surface area contributed by atoms with Crippen LogP contribution in [0, 0.1) is 6.92 Å². The Labute approximate surface area is 205 Å². The molecule has 1 unspecified atom stereocenters. The molecule has 0 spiro atoms. The largest absolute Gasteiger partial charge is 0.508 e. The maximum absolute atomic E-state index is 13.9. The second-order valence-corrected chi connectivity index (χ2v) is 8.97. The highest BCUT2D eigenvalue weighted by Gasteiger charge is 2.34. The van der Waals surface area contributed by atoms with Crippen LogP contribution in [0.2, 0.25) is 0 Å². The zero-order valence-electron chi connectivity index (χ0n) is 19.4. The van der Waals surface area contributed by atoms with E-state index in [1.807, 2.05) is 19.1 Å². The molecule has 0 saturated carbocycles. The van der Waals surface area contributed by atoms with Crippen LogP contribution in [0.5, 0.6) is 5.75 Å². The van der Waals surface area contributed by atoms with E-state index in [1.54, 1.807) is 35.2 Å². The summed E-state index contributed by atoms with van der Waals surface area (Å²) in [6.07, 6.45) is -2.56. The van der Waals surface area contributed by atoms with Gasteiger partial charge in [0, 0.05) is 17.1 Å². The fourth-order valence-electron chi connectivity index (χ4n) is 4.72. The second-order valence-electron chi connectivity index (χ2n) is 8.97. The molecule has 6 nitrogen and oxygen atoms in total. The summed E-state index contributed by atoms with van der Waals surface area (Å²) in [7, 11) is 0. The highest BCUT2D eigenvalue weighted by atomic mass is 19.4. The molecule has 36 heavy (non-hydrogen) atoms. The predicted molar refractivity (Wildman–Crippen MR) is 129 cm³/mol. The number of phenols is 1. The molecule has 1 amide bonds. The van der Waals surface area contributed by atoms with Gasteiger partial charge in [0.2, 0.25) is 0 Å². The van der Waals surface area contributed by atoms with Gasteiger partial charge in [-0.2, -0.15) is 13.2 Å². The number of nitrogens with zero attached hydrogens (tertiary/aromatic N) is 3. The van der Waals surface area contributed by atoms with Gasteiger partial charge < -0.3 is 15.7 Å². The molecule has 1 aliphatic carbocycles. The van der Waals surface area contributed by atoms with Gasteiger partial charge in [-0.1, -0.05) is 12.1 Å². The van der Waals surface area contributed by atoms with E-state index in [4.69, 9.17) is 5.73 Å². The van der Waals surface area contributed by atoms with Gasteiger partial charge in [-0.3, -0.25) is 9.78 Å². The van der Waals surface area contributed by atoms with E-state index in [2.05, 4.69) is 9.97 Å². The molecule has 0 aliphatic heterocycles. The highest BCUT2D eigenvalue weighted by Crippen LogP contribution is 2.41. The average Bonchev–Trinajstić information content (AvgIpc) is 3.27. The fraction of sp³-hybridized carbons (Fsp3) is 0.222. The summed E-state index contributed by atoms with van der Waals surface area (Å²) in [4.78, 5) is 23.8. The number of nitrogens with two attached hydrogens (primary N) is 1. The number of phenolic OH excluding ortho intramolecular Hbond substituents is 1. The van der Waals surface area contributed by atoms with E-state index in [9.17, 15) is 23.1 Å². The van der Waals surface area contributed by atoms with Crippen LogP contribution in [0.4, 0.5) is 19.0 Å². The van der Waals surface area contributed by atoms with E-state index in [0.717, 1.165) is 34.3 Å². The molecule has 3 N–H and O–H groups in total. The smallest absolute Gasteiger partial charge is 0.417 e. The first-order chi connectivity index (χ1) is 17.1. The summed E-state index contributed by atoms with van der Waals surface area (Å²) in [5.41, 5.74) is 8.84. The van der Waals surface area contributed by atoms with Crippen molar-refractivity contribution in [3.63, 3.8) is 0 Å². The molecule has 4 aromatic rings. The minimum absolute atomic E-state index is 0.00772. The Morgan fingerprint density at radius 2 is 1.97 bits per heavy atom. The van der Waals surface area contributed by atoms with Crippen LogP contribution in [0.25, 0.3) is 10.9 Å². The summed E-state index contributed by atoms with van der Waals surface area (Å²) in [6, 6.07) is 14.1. The van der Waals surface area contributed by atoms with Gasteiger partial charge in [0.1, 0.15) is 11.6 Å². The molecule has 2 aromatic carbocycles. The Balaban J connectivity index is 1.54. The normalized spacial score (nSPS) is 15.2. The number of aromatic nitrogens is 2. The van der Waals surface area contributed by atoms with Crippen LogP contribution in [-0.4, -0.2) is 25.9 Å². The number of amides is 1. The molecule has 5 rings (SSSR count). The number of carbonyl (C=O) groups excluding carboxylic acids is 1. The zero-order valence-corrected chi connectivity index (χ0v) is 19.4. The van der Waals surface area contributed by atoms with Crippen LogP contribution in [0.3, 0.4) is 0 Å². The van der Waals surface area contributed by atoms with Crippen molar-refractivity contribution in [2.45, 2.75) is 38.5 Å². The van der Waals surface area contributed by atoms with Crippen LogP contribution in [-0.2, 0) is 19.1 Å². The monoisotopic (exact) mass is 492 g/mol. The number of alkyl halides is 3. The lowest BCUT2D eigenvalue weighted by Gasteiger charge is -2.30. The van der Waals surface area contributed by atoms with Crippen molar-refractivity contribution in [1.82, 2.24) is 14.9 Å². The lowest BCUT2D eigenvalue weighted by Crippen LogP contribution is -2.34. The van der Waals surface area contributed by atoms with Gasteiger partial charge in [-0.25, -0.2) is 4.98 Å². The SMILES string of the molecule is Cc1cc2cc(C(=O)N(Cc3ccc(C(F)(F)F)cn3)C3CCc4c(O)cccc43)ccc2nc1N. The topological polar surface area (TPSA) is 92.3 Å². The summed E-state index contributed by atoms with van der Waals surface area (Å²) in [6.45, 7) is 1.84. The molecule has 0 bridgehead atoms. The fourth-order valence-corrected chi connectivity index (χ4v) is 4.72. The number of nitrogen functional groups attached to an aromatic ring is 1. The summed E-state index contributed by atoms with van der Waals surface area (Å²) >= 11 is 0. The zero-order chi connectivity index (χ0) is 25.6. The number of aromatic hydroxyl groups is 1. The third-order valence-corrected chi connectivity index (χ3v) is 6.63. The number of anilines is 1. The lowest BCUT2D eigenvalue weighted by atomic mass is 10.0. The van der Waals surface area contributed by atoms with Crippen molar-refractivity contribution < 1.29 is 23.1 Å². The van der Waals surface area contributed by atoms with Crippen LogP contribution >= 0.6 is 0 Å². The number of benzene rings is 2. The van der Waals surface area contributed by atoms with E-state index in [0.29, 0.717) is 35.4 Å². The Kier molecular flexibility index (Phi) is 5.78. The van der Waals surface area contributed by atoms with Crippen molar-refractivity contribution in [2.24, 2.45) is 0 Å². The van der Waals surface area contributed by atoms with Gasteiger partial charge in [-0.05, 0) is 78.9 Å². The number of hydrogen-bond donors (Lipinski definition) is 2.